The highest BCUT2D eigenvalue weighted by Crippen LogP contribution is 2.51. The van der Waals surface area contributed by atoms with Crippen LogP contribution in [0.1, 0.15) is 45.7 Å². The van der Waals surface area contributed by atoms with E-state index in [4.69, 9.17) is 13.9 Å². The zero-order valence-corrected chi connectivity index (χ0v) is 24.9. The first-order chi connectivity index (χ1) is 21.6. The van der Waals surface area contributed by atoms with Gasteiger partial charge in [-0.2, -0.15) is 8.78 Å². The van der Waals surface area contributed by atoms with Crippen LogP contribution in [-0.2, 0) is 25.0 Å². The fourth-order valence-corrected chi connectivity index (χ4v) is 7.05. The number of hydrogen-bond acceptors (Lipinski definition) is 8. The number of rotatable bonds is 7. The average Bonchev–Trinajstić information content (AvgIpc) is 3.88. The highest BCUT2D eigenvalue weighted by Gasteiger charge is 2.52. The molecule has 2 aliphatic heterocycles. The Kier molecular flexibility index (Phi) is 7.26. The quantitative estimate of drug-likeness (QED) is 0.308. The maximum Gasteiger partial charge on any atom is 0.299 e. The summed E-state index contributed by atoms with van der Waals surface area (Å²) >= 11 is 1.45. The number of carbonyl (C=O) groups is 3. The number of aromatic nitrogens is 1. The Balaban J connectivity index is 1.04. The second kappa shape index (κ2) is 11.2. The largest absolute Gasteiger partial charge is 0.445 e. The van der Waals surface area contributed by atoms with E-state index >= 15 is 0 Å². The van der Waals surface area contributed by atoms with E-state index in [9.17, 15) is 23.2 Å². The van der Waals surface area contributed by atoms with Gasteiger partial charge >= 0.3 is 0 Å². The van der Waals surface area contributed by atoms with Crippen LogP contribution in [0.3, 0.4) is 0 Å². The van der Waals surface area contributed by atoms with E-state index in [1.807, 2.05) is 18.4 Å². The summed E-state index contributed by atoms with van der Waals surface area (Å²) in [6.45, 7) is 2.12. The maximum atomic E-state index is 14.9. The lowest BCUT2D eigenvalue weighted by Crippen LogP contribution is -2.49. The lowest BCUT2D eigenvalue weighted by molar-refractivity contribution is -0.152. The zero-order valence-electron chi connectivity index (χ0n) is 24.0. The molecule has 2 aromatic heterocycles. The van der Waals surface area contributed by atoms with Crippen molar-refractivity contribution in [2.24, 2.45) is 0 Å². The van der Waals surface area contributed by atoms with Gasteiger partial charge in [0.05, 0.1) is 38.5 Å². The molecular weight excluding hydrogens is 606 g/mol. The molecule has 0 bridgehead atoms. The van der Waals surface area contributed by atoms with Gasteiger partial charge in [-0.05, 0) is 36.2 Å². The average molecular weight is 635 g/mol. The number of thiophene rings is 1. The molecule has 2 aromatic carbocycles. The van der Waals surface area contributed by atoms with Gasteiger partial charge in [0.2, 0.25) is 17.7 Å². The first-order valence-corrected chi connectivity index (χ1v) is 15.3. The molecule has 4 heterocycles. The van der Waals surface area contributed by atoms with Crippen LogP contribution in [0, 0.1) is 0 Å². The topological polar surface area (TPSA) is 123 Å². The van der Waals surface area contributed by atoms with E-state index in [1.54, 1.807) is 24.4 Å². The van der Waals surface area contributed by atoms with E-state index in [1.165, 1.54) is 46.8 Å². The molecule has 1 spiro atoms. The van der Waals surface area contributed by atoms with E-state index in [-0.39, 0.29) is 47.2 Å². The van der Waals surface area contributed by atoms with Crippen molar-refractivity contribution in [3.8, 4) is 22.6 Å². The van der Waals surface area contributed by atoms with Gasteiger partial charge in [0.25, 0.3) is 11.8 Å². The molecule has 232 valence electrons. The third kappa shape index (κ3) is 5.20. The highest BCUT2D eigenvalue weighted by molar-refractivity contribution is 7.10. The fourth-order valence-electron chi connectivity index (χ4n) is 6.16. The first kappa shape index (κ1) is 29.3. The van der Waals surface area contributed by atoms with Crippen molar-refractivity contribution in [2.45, 2.75) is 37.1 Å². The van der Waals surface area contributed by atoms with Gasteiger partial charge in [-0.1, -0.05) is 30.3 Å². The number of nitrogens with zero attached hydrogens (tertiary/aromatic N) is 2. The Hall–Kier alpha value is -4.46. The van der Waals surface area contributed by atoms with Crippen molar-refractivity contribution in [3.63, 3.8) is 0 Å². The van der Waals surface area contributed by atoms with Gasteiger partial charge in [-0.15, -0.1) is 11.3 Å². The fraction of sp³-hybridized carbons (Fsp3) is 0.312. The van der Waals surface area contributed by atoms with Gasteiger partial charge in [0, 0.05) is 38.9 Å². The summed E-state index contributed by atoms with van der Waals surface area (Å²) < 4.78 is 46.9. The number of alkyl halides is 2. The zero-order chi connectivity index (χ0) is 31.3. The summed E-state index contributed by atoms with van der Waals surface area (Å²) in [5.41, 5.74) is 1.28. The molecule has 2 atom stereocenters. The summed E-state index contributed by atoms with van der Waals surface area (Å²) in [7, 11) is 0. The number of carbonyl (C=O) groups excluding carboxylic acids is 3. The number of benzene rings is 2. The SMILES string of the molecule is CC(NC(=O)[C@@H]1CC2(CN1C(=O)CNC(=O)c1ccc3c(c1)-c1ccccc1C3(F)F)OCCO2)c1cc(-c2ncco2)cs1. The Morgan fingerprint density at radius 3 is 2.64 bits per heavy atom. The second-order valence-corrected chi connectivity index (χ2v) is 12.2. The van der Waals surface area contributed by atoms with Gasteiger partial charge in [-0.25, -0.2) is 4.98 Å². The van der Waals surface area contributed by atoms with Crippen LogP contribution in [0.4, 0.5) is 8.78 Å². The smallest absolute Gasteiger partial charge is 0.299 e. The number of amides is 3. The van der Waals surface area contributed by atoms with E-state index < -0.39 is 36.1 Å². The molecule has 1 aliphatic carbocycles. The molecule has 13 heteroatoms. The van der Waals surface area contributed by atoms with Crippen molar-refractivity contribution < 1.29 is 37.1 Å². The molecule has 1 unspecified atom stereocenters. The predicted octanol–water partition coefficient (Wildman–Crippen LogP) is 4.47. The standard InChI is InChI=1S/C32H28F2N4O6S/c1-18(26-13-20(16-45-26)30-35-8-9-42-30)37-29(41)25-14-31(43-10-11-44-31)17-38(25)27(39)15-36-28(40)19-6-7-24-22(12-19)21-4-2-3-5-23(21)32(24,33)34/h2-9,12-13,16,18,25H,10-11,14-15,17H2,1H3,(H,36,40)(H,37,41)/t18?,25-/m0/s1. The number of fused-ring (bicyclic) bond motifs is 3. The number of halogens is 2. The number of ether oxygens (including phenoxy) is 2. The summed E-state index contributed by atoms with van der Waals surface area (Å²) in [6, 6.07) is 10.8. The lowest BCUT2D eigenvalue weighted by atomic mass is 10.0. The first-order valence-electron chi connectivity index (χ1n) is 14.4. The Labute approximate surface area is 260 Å². The van der Waals surface area contributed by atoms with Crippen LogP contribution < -0.4 is 10.6 Å². The van der Waals surface area contributed by atoms with Crippen molar-refractivity contribution in [2.75, 3.05) is 26.3 Å². The summed E-state index contributed by atoms with van der Waals surface area (Å²) in [4.78, 5) is 46.5. The number of hydrogen-bond donors (Lipinski definition) is 2. The molecule has 10 nitrogen and oxygen atoms in total. The number of oxazole rings is 1. The molecule has 3 amide bonds. The summed E-state index contributed by atoms with van der Waals surface area (Å²) in [5.74, 6) is -5.29. The molecule has 0 radical (unpaired) electrons. The van der Waals surface area contributed by atoms with Crippen molar-refractivity contribution in [3.05, 3.63) is 87.9 Å². The minimum atomic E-state index is -3.16. The minimum Gasteiger partial charge on any atom is -0.445 e. The Morgan fingerprint density at radius 2 is 1.87 bits per heavy atom. The third-order valence-electron chi connectivity index (χ3n) is 8.39. The molecule has 2 N–H and O–H groups in total. The Morgan fingerprint density at radius 1 is 1.09 bits per heavy atom. The van der Waals surface area contributed by atoms with Crippen LogP contribution in [0.5, 0.6) is 0 Å². The normalized spacial score (nSPS) is 19.7. The van der Waals surface area contributed by atoms with Crippen LogP contribution in [0.15, 0.2) is 70.8 Å². The van der Waals surface area contributed by atoms with Crippen molar-refractivity contribution >= 4 is 29.1 Å². The number of nitrogens with one attached hydrogen (secondary N) is 2. The van der Waals surface area contributed by atoms with E-state index in [0.717, 1.165) is 10.4 Å². The Bertz CT molecular complexity index is 1790. The monoisotopic (exact) mass is 634 g/mol. The molecular formula is C32H28F2N4O6S. The molecule has 4 aromatic rings. The van der Waals surface area contributed by atoms with Crippen LogP contribution in [-0.4, -0.2) is 65.7 Å². The van der Waals surface area contributed by atoms with Gasteiger partial charge in [0.15, 0.2) is 5.79 Å². The highest BCUT2D eigenvalue weighted by atomic mass is 32.1. The van der Waals surface area contributed by atoms with Crippen LogP contribution in [0.25, 0.3) is 22.6 Å². The summed E-state index contributed by atoms with van der Waals surface area (Å²) in [5, 5.41) is 7.46. The van der Waals surface area contributed by atoms with Gasteiger partial charge in [0.1, 0.15) is 12.3 Å². The maximum absolute atomic E-state index is 14.9. The van der Waals surface area contributed by atoms with Crippen molar-refractivity contribution in [1.82, 2.24) is 20.5 Å². The number of likely N-dealkylation sites (tertiary alicyclic amines) is 1. The van der Waals surface area contributed by atoms with Crippen LogP contribution in [0.2, 0.25) is 0 Å². The van der Waals surface area contributed by atoms with Crippen molar-refractivity contribution in [1.29, 1.82) is 0 Å². The molecule has 7 rings (SSSR count). The minimum absolute atomic E-state index is 0.0200. The molecule has 45 heavy (non-hydrogen) atoms. The second-order valence-electron chi connectivity index (χ2n) is 11.2. The molecule has 2 fully saturated rings. The van der Waals surface area contributed by atoms with E-state index in [0.29, 0.717) is 24.7 Å². The predicted molar refractivity (Wildman–Crippen MR) is 158 cm³/mol. The van der Waals surface area contributed by atoms with E-state index in [2.05, 4.69) is 15.6 Å². The summed E-state index contributed by atoms with van der Waals surface area (Å²) in [6.07, 6.45) is 3.18. The third-order valence-corrected chi connectivity index (χ3v) is 9.50. The molecule has 3 aliphatic rings. The lowest BCUT2D eigenvalue weighted by Gasteiger charge is -2.25. The van der Waals surface area contributed by atoms with Gasteiger partial charge in [-0.3, -0.25) is 14.4 Å². The van der Waals surface area contributed by atoms with Crippen LogP contribution >= 0.6 is 11.3 Å². The molecule has 2 saturated heterocycles. The van der Waals surface area contributed by atoms with Gasteiger partial charge < -0.3 is 29.4 Å². The molecule has 0 saturated carbocycles.